The van der Waals surface area contributed by atoms with E-state index in [-0.39, 0.29) is 6.54 Å². The maximum Gasteiger partial charge on any atom is 0.421 e. The van der Waals surface area contributed by atoms with Crippen molar-refractivity contribution in [3.63, 3.8) is 0 Å². The van der Waals surface area contributed by atoms with Crippen molar-refractivity contribution in [1.82, 2.24) is 5.32 Å². The Hall–Kier alpha value is -2.26. The van der Waals surface area contributed by atoms with Gasteiger partial charge in [-0.1, -0.05) is 30.3 Å². The topological polar surface area (TPSA) is 82.6 Å². The molecule has 0 aliphatic carbocycles. The van der Waals surface area contributed by atoms with Crippen molar-refractivity contribution in [2.24, 2.45) is 0 Å². The molecule has 1 N–H and O–H groups in total. The molecule has 0 aromatic heterocycles. The zero-order valence-corrected chi connectivity index (χ0v) is 8.80. The number of hydrogen-bond donors (Lipinski definition) is 1. The lowest BCUT2D eigenvalue weighted by molar-refractivity contribution is -0.124. The van der Waals surface area contributed by atoms with Crippen LogP contribution in [0.2, 0.25) is 0 Å². The number of benzene rings is 1. The Labute approximate surface area is 92.7 Å². The van der Waals surface area contributed by atoms with E-state index in [2.05, 4.69) is 10.1 Å². The van der Waals surface area contributed by atoms with Gasteiger partial charge in [-0.15, -0.1) is 0 Å². The second-order valence-corrected chi connectivity index (χ2v) is 3.17. The fraction of sp³-hybridized carbons (Fsp3) is 0.182. The van der Waals surface area contributed by atoms with Crippen molar-refractivity contribution in [2.75, 3.05) is 0 Å². The minimum atomic E-state index is -0.682. The highest BCUT2D eigenvalue weighted by molar-refractivity contribution is 6.63. The van der Waals surface area contributed by atoms with Gasteiger partial charge in [0.1, 0.15) is 0 Å². The van der Waals surface area contributed by atoms with Gasteiger partial charge in [0, 0.05) is 13.5 Å². The second kappa shape index (κ2) is 5.58. The van der Waals surface area contributed by atoms with Crippen molar-refractivity contribution in [2.45, 2.75) is 13.5 Å². The number of nitrogens with zero attached hydrogens (tertiary/aromatic N) is 2. The Balaban J connectivity index is 2.60. The SMILES string of the molecule is CC(=O)C(=[N+]=[N-])C(=O)NCc1ccccc1. The Morgan fingerprint density at radius 3 is 2.44 bits per heavy atom. The van der Waals surface area contributed by atoms with Crippen molar-refractivity contribution in [1.29, 1.82) is 0 Å². The number of carbonyl (C=O) groups excluding carboxylic acids is 2. The molecule has 0 aliphatic heterocycles. The summed E-state index contributed by atoms with van der Waals surface area (Å²) in [6.45, 7) is 1.45. The van der Waals surface area contributed by atoms with Crippen molar-refractivity contribution in [3.05, 3.63) is 41.4 Å². The van der Waals surface area contributed by atoms with E-state index >= 15 is 0 Å². The van der Waals surface area contributed by atoms with Crippen LogP contribution in [-0.2, 0) is 16.1 Å². The molecule has 0 saturated heterocycles. The largest absolute Gasteiger partial charge is 0.421 e. The lowest BCUT2D eigenvalue weighted by Gasteiger charge is -2.00. The molecule has 0 atom stereocenters. The molecule has 0 aliphatic rings. The molecule has 0 bridgehead atoms. The van der Waals surface area contributed by atoms with E-state index in [0.29, 0.717) is 0 Å². The van der Waals surface area contributed by atoms with E-state index in [9.17, 15) is 9.59 Å². The van der Waals surface area contributed by atoms with Gasteiger partial charge in [-0.05, 0) is 5.56 Å². The van der Waals surface area contributed by atoms with Crippen LogP contribution < -0.4 is 5.32 Å². The van der Waals surface area contributed by atoms with Gasteiger partial charge < -0.3 is 10.8 Å². The summed E-state index contributed by atoms with van der Waals surface area (Å²) in [5, 5.41) is 2.48. The normalized spacial score (nSPS) is 9.06. The average molecular weight is 217 g/mol. The number of amides is 1. The first-order valence-electron chi connectivity index (χ1n) is 4.70. The fourth-order valence-electron chi connectivity index (χ4n) is 1.14. The number of ketones is 1. The smallest absolute Gasteiger partial charge is 0.360 e. The summed E-state index contributed by atoms with van der Waals surface area (Å²) in [6.07, 6.45) is 0. The summed E-state index contributed by atoms with van der Waals surface area (Å²) in [7, 11) is 0. The minimum absolute atomic E-state index is 0.284. The van der Waals surface area contributed by atoms with Gasteiger partial charge in [-0.3, -0.25) is 9.59 Å². The lowest BCUT2D eigenvalue weighted by atomic mass is 10.2. The maximum absolute atomic E-state index is 11.4. The molecule has 0 spiro atoms. The highest BCUT2D eigenvalue weighted by Gasteiger charge is 2.24. The second-order valence-electron chi connectivity index (χ2n) is 3.17. The van der Waals surface area contributed by atoms with Crippen LogP contribution in [0, 0.1) is 0 Å². The maximum atomic E-state index is 11.4. The number of hydrogen-bond acceptors (Lipinski definition) is 2. The highest BCUT2D eigenvalue weighted by atomic mass is 16.2. The zero-order chi connectivity index (χ0) is 12.0. The summed E-state index contributed by atoms with van der Waals surface area (Å²) in [5.74, 6) is -1.26. The summed E-state index contributed by atoms with van der Waals surface area (Å²) in [4.78, 5) is 24.9. The molecule has 0 radical (unpaired) electrons. The van der Waals surface area contributed by atoms with Crippen LogP contribution in [0.3, 0.4) is 0 Å². The molecule has 1 aromatic rings. The standard InChI is InChI=1S/C11H11N3O2/c1-8(15)10(14-12)11(16)13-7-9-5-3-2-4-6-9/h2-6H,7H2,1H3,(H,13,16). The van der Waals surface area contributed by atoms with Crippen molar-refractivity contribution >= 4 is 17.4 Å². The van der Waals surface area contributed by atoms with Gasteiger partial charge in [0.15, 0.2) is 0 Å². The molecule has 1 aromatic carbocycles. The van der Waals surface area contributed by atoms with E-state index in [0.717, 1.165) is 12.5 Å². The molecule has 0 saturated carbocycles. The molecule has 0 unspecified atom stereocenters. The van der Waals surface area contributed by atoms with Gasteiger partial charge in [0.25, 0.3) is 0 Å². The number of Topliss-reactive ketones (excluding diaryl/α,β-unsaturated/α-hetero) is 1. The molecule has 5 nitrogen and oxygen atoms in total. The monoisotopic (exact) mass is 217 g/mol. The number of carbonyl (C=O) groups is 2. The zero-order valence-electron chi connectivity index (χ0n) is 8.80. The summed E-state index contributed by atoms with van der Waals surface area (Å²) >= 11 is 0. The summed E-state index contributed by atoms with van der Waals surface area (Å²) in [5.41, 5.74) is 8.88. The van der Waals surface area contributed by atoms with Gasteiger partial charge in [-0.2, -0.15) is 4.79 Å². The molecule has 0 fully saturated rings. The highest BCUT2D eigenvalue weighted by Crippen LogP contribution is 1.96. The van der Waals surface area contributed by atoms with Crippen LogP contribution in [0.15, 0.2) is 30.3 Å². The quantitative estimate of drug-likeness (QED) is 0.346. The summed E-state index contributed by atoms with van der Waals surface area (Å²) in [6, 6.07) is 9.22. The number of rotatable bonds is 4. The van der Waals surface area contributed by atoms with Gasteiger partial charge >= 0.3 is 11.6 Å². The Morgan fingerprint density at radius 2 is 1.94 bits per heavy atom. The molecule has 82 valence electrons. The van der Waals surface area contributed by atoms with E-state index in [1.54, 1.807) is 0 Å². The van der Waals surface area contributed by atoms with Crippen LogP contribution in [-0.4, -0.2) is 22.2 Å². The average Bonchev–Trinajstić information content (AvgIpc) is 2.28. The first-order chi connectivity index (χ1) is 7.65. The van der Waals surface area contributed by atoms with E-state index in [4.69, 9.17) is 5.53 Å². The first-order valence-corrected chi connectivity index (χ1v) is 4.70. The van der Waals surface area contributed by atoms with Crippen molar-refractivity contribution in [3.8, 4) is 0 Å². The van der Waals surface area contributed by atoms with Gasteiger partial charge in [0.2, 0.25) is 5.78 Å². The predicted molar refractivity (Wildman–Crippen MR) is 57.6 cm³/mol. The van der Waals surface area contributed by atoms with Crippen LogP contribution >= 0.6 is 0 Å². The van der Waals surface area contributed by atoms with Crippen LogP contribution in [0.1, 0.15) is 12.5 Å². The molecule has 1 rings (SSSR count). The molecular weight excluding hydrogens is 206 g/mol. The van der Waals surface area contributed by atoms with E-state index in [1.165, 1.54) is 0 Å². The fourth-order valence-corrected chi connectivity index (χ4v) is 1.14. The first kappa shape index (κ1) is 11.8. The third-order valence-electron chi connectivity index (χ3n) is 1.94. The van der Waals surface area contributed by atoms with Crippen molar-refractivity contribution < 1.29 is 14.4 Å². The third kappa shape index (κ3) is 3.15. The van der Waals surface area contributed by atoms with Gasteiger partial charge in [0.05, 0.1) is 0 Å². The Kier molecular flexibility index (Phi) is 4.12. The Morgan fingerprint density at radius 1 is 1.31 bits per heavy atom. The lowest BCUT2D eigenvalue weighted by Crippen LogP contribution is -2.35. The molecule has 0 heterocycles. The van der Waals surface area contributed by atoms with E-state index in [1.807, 2.05) is 30.3 Å². The van der Waals surface area contributed by atoms with Crippen LogP contribution in [0.4, 0.5) is 0 Å². The number of nitrogens with one attached hydrogen (secondary N) is 1. The van der Waals surface area contributed by atoms with Gasteiger partial charge in [-0.25, -0.2) is 0 Å². The molecule has 1 amide bonds. The molecule has 5 heteroatoms. The van der Waals surface area contributed by atoms with Crippen LogP contribution in [0.25, 0.3) is 5.53 Å². The minimum Gasteiger partial charge on any atom is -0.360 e. The molecule has 16 heavy (non-hydrogen) atoms. The van der Waals surface area contributed by atoms with Crippen LogP contribution in [0.5, 0.6) is 0 Å². The van der Waals surface area contributed by atoms with E-state index < -0.39 is 17.4 Å². The predicted octanol–water partition coefficient (Wildman–Crippen LogP) is 0.563. The third-order valence-corrected chi connectivity index (χ3v) is 1.94. The molecular formula is C11H11N3O2. The Bertz CT molecular complexity index is 448. The summed E-state index contributed by atoms with van der Waals surface area (Å²) < 4.78 is 0.